The minimum Gasteiger partial charge on any atom is -0.352 e. The van der Waals surface area contributed by atoms with E-state index in [9.17, 15) is 27.6 Å². The van der Waals surface area contributed by atoms with Gasteiger partial charge >= 0.3 is 6.18 Å². The number of nitrogens with zero attached hydrogens (tertiary/aromatic N) is 4. The van der Waals surface area contributed by atoms with Gasteiger partial charge in [0.05, 0.1) is 11.3 Å². The van der Waals surface area contributed by atoms with Crippen molar-refractivity contribution in [2.45, 2.75) is 51.2 Å². The van der Waals surface area contributed by atoms with E-state index < -0.39 is 23.3 Å². The van der Waals surface area contributed by atoms with Crippen molar-refractivity contribution in [3.05, 3.63) is 77.9 Å². The zero-order valence-corrected chi connectivity index (χ0v) is 22.2. The number of rotatable bonds is 10. The highest BCUT2D eigenvalue weighted by Gasteiger charge is 2.39. The molecule has 0 radical (unpaired) electrons. The number of para-hydroxylation sites is 1. The summed E-state index contributed by atoms with van der Waals surface area (Å²) in [6, 6.07) is 12.0. The maximum absolute atomic E-state index is 13.5. The van der Waals surface area contributed by atoms with Crippen LogP contribution < -0.4 is 5.32 Å². The van der Waals surface area contributed by atoms with Gasteiger partial charge in [0.2, 0.25) is 5.91 Å². The lowest BCUT2D eigenvalue weighted by Crippen LogP contribution is -2.35. The van der Waals surface area contributed by atoms with Gasteiger partial charge in [-0.25, -0.2) is 4.68 Å². The molecule has 2 amide bonds. The normalized spacial score (nSPS) is 17.3. The van der Waals surface area contributed by atoms with Crippen molar-refractivity contribution in [2.75, 3.05) is 13.6 Å². The van der Waals surface area contributed by atoms with Gasteiger partial charge in [-0.1, -0.05) is 24.3 Å². The summed E-state index contributed by atoms with van der Waals surface area (Å²) >= 11 is 0. The van der Waals surface area contributed by atoms with Crippen molar-refractivity contribution in [3.8, 4) is 5.69 Å². The molecule has 8 nitrogen and oxygen atoms in total. The van der Waals surface area contributed by atoms with Crippen LogP contribution in [0.4, 0.5) is 13.2 Å². The molecule has 0 unspecified atom stereocenters. The zero-order chi connectivity index (χ0) is 28.7. The van der Waals surface area contributed by atoms with Crippen LogP contribution in [-0.4, -0.2) is 50.9 Å². The van der Waals surface area contributed by atoms with E-state index in [1.54, 1.807) is 54.7 Å². The van der Waals surface area contributed by atoms with Gasteiger partial charge in [-0.05, 0) is 55.9 Å². The fraction of sp³-hybridized carbons (Fsp3) is 0.414. The molecule has 11 heteroatoms. The Morgan fingerprint density at radius 2 is 1.73 bits per heavy atom. The summed E-state index contributed by atoms with van der Waals surface area (Å²) in [5, 5.41) is 6.08. The molecule has 1 N–H and O–H groups in total. The van der Waals surface area contributed by atoms with Gasteiger partial charge in [0.15, 0.2) is 5.69 Å². The SMILES string of the molecule is CN(Cc1cccnc1)C(=O)C1CCC(C(=O)CCCNC(=O)c2cn(-c3ccccc3)nc2C(F)(F)F)CC1. The Morgan fingerprint density at radius 1 is 1.02 bits per heavy atom. The molecule has 212 valence electrons. The first-order valence-corrected chi connectivity index (χ1v) is 13.3. The Kier molecular flexibility index (Phi) is 9.34. The highest BCUT2D eigenvalue weighted by atomic mass is 19.4. The van der Waals surface area contributed by atoms with E-state index in [1.807, 2.05) is 12.1 Å². The zero-order valence-electron chi connectivity index (χ0n) is 22.2. The molecule has 1 aliphatic carbocycles. The third-order valence-corrected chi connectivity index (χ3v) is 7.18. The quantitative estimate of drug-likeness (QED) is 0.362. The van der Waals surface area contributed by atoms with Gasteiger partial charge < -0.3 is 10.2 Å². The molecule has 0 spiro atoms. The Bertz CT molecular complexity index is 1300. The van der Waals surface area contributed by atoms with Crippen LogP contribution in [0, 0.1) is 11.8 Å². The second kappa shape index (κ2) is 12.9. The van der Waals surface area contributed by atoms with Crippen molar-refractivity contribution in [1.82, 2.24) is 25.0 Å². The van der Waals surface area contributed by atoms with Crippen LogP contribution in [0.1, 0.15) is 60.1 Å². The number of hydrogen-bond acceptors (Lipinski definition) is 5. The minimum absolute atomic E-state index is 0.0525. The summed E-state index contributed by atoms with van der Waals surface area (Å²) in [6.07, 6.45) is 2.71. The number of nitrogens with one attached hydrogen (secondary N) is 1. The number of carbonyl (C=O) groups is 3. The van der Waals surface area contributed by atoms with Crippen LogP contribution in [0.25, 0.3) is 5.69 Å². The Labute approximate surface area is 230 Å². The molecule has 0 saturated heterocycles. The summed E-state index contributed by atoms with van der Waals surface area (Å²) in [5.41, 5.74) is -0.482. The fourth-order valence-corrected chi connectivity index (χ4v) is 5.04. The van der Waals surface area contributed by atoms with E-state index in [-0.39, 0.29) is 36.5 Å². The van der Waals surface area contributed by atoms with Crippen LogP contribution >= 0.6 is 0 Å². The molecule has 40 heavy (non-hydrogen) atoms. The molecule has 1 fully saturated rings. The summed E-state index contributed by atoms with van der Waals surface area (Å²) < 4.78 is 41.6. The Hall–Kier alpha value is -4.02. The van der Waals surface area contributed by atoms with Crippen molar-refractivity contribution in [1.29, 1.82) is 0 Å². The van der Waals surface area contributed by atoms with Crippen LogP contribution in [0.15, 0.2) is 61.1 Å². The van der Waals surface area contributed by atoms with E-state index in [4.69, 9.17) is 0 Å². The number of ketones is 1. The molecule has 0 aliphatic heterocycles. The second-order valence-corrected chi connectivity index (χ2v) is 10.1. The first kappa shape index (κ1) is 29.0. The molecule has 1 aromatic carbocycles. The molecule has 2 heterocycles. The van der Waals surface area contributed by atoms with Gasteiger partial charge in [0.1, 0.15) is 5.78 Å². The summed E-state index contributed by atoms with van der Waals surface area (Å²) in [4.78, 5) is 43.9. The number of hydrogen-bond donors (Lipinski definition) is 1. The minimum atomic E-state index is -4.80. The standard InChI is InChI=1S/C29H32F3N5O3/c1-36(18-20-7-5-15-33-17-20)28(40)22-13-11-21(12-14-22)25(38)10-6-16-34-27(39)24-19-37(23-8-3-2-4-9-23)35-26(24)29(30,31)32/h2-5,7-9,15,17,19,21-22H,6,10-14,16,18H2,1H3,(H,34,39). The number of benzene rings is 1. The average molecular weight is 556 g/mol. The molecular formula is C29H32F3N5O3. The highest BCUT2D eigenvalue weighted by Crippen LogP contribution is 2.32. The monoisotopic (exact) mass is 555 g/mol. The summed E-state index contributed by atoms with van der Waals surface area (Å²) in [6.45, 7) is 0.542. The predicted molar refractivity (Wildman–Crippen MR) is 141 cm³/mol. The molecule has 3 aromatic rings. The van der Waals surface area contributed by atoms with Gasteiger partial charge in [0, 0.05) is 57.0 Å². The Balaban J connectivity index is 1.22. The highest BCUT2D eigenvalue weighted by molar-refractivity contribution is 5.95. The third kappa shape index (κ3) is 7.34. The number of alkyl halides is 3. The number of aromatic nitrogens is 3. The van der Waals surface area contributed by atoms with E-state index >= 15 is 0 Å². The molecule has 0 bridgehead atoms. The van der Waals surface area contributed by atoms with Crippen LogP contribution in [0.3, 0.4) is 0 Å². The molecule has 0 atom stereocenters. The second-order valence-electron chi connectivity index (χ2n) is 10.1. The predicted octanol–water partition coefficient (Wildman–Crippen LogP) is 4.83. The maximum atomic E-state index is 13.5. The van der Waals surface area contributed by atoms with Crippen LogP contribution in [0.2, 0.25) is 0 Å². The lowest BCUT2D eigenvalue weighted by Gasteiger charge is -2.30. The van der Waals surface area contributed by atoms with Gasteiger partial charge in [0.25, 0.3) is 5.91 Å². The molecule has 1 saturated carbocycles. The third-order valence-electron chi connectivity index (χ3n) is 7.18. The Morgan fingerprint density at radius 3 is 2.38 bits per heavy atom. The molecular weight excluding hydrogens is 523 g/mol. The lowest BCUT2D eigenvalue weighted by molar-refractivity contribution is -0.141. The maximum Gasteiger partial charge on any atom is 0.435 e. The molecule has 2 aromatic heterocycles. The topological polar surface area (TPSA) is 97.2 Å². The first-order chi connectivity index (χ1) is 19.1. The fourth-order valence-electron chi connectivity index (χ4n) is 5.04. The van der Waals surface area contributed by atoms with Crippen molar-refractivity contribution >= 4 is 17.6 Å². The number of halogens is 3. The summed E-state index contributed by atoms with van der Waals surface area (Å²) in [5.74, 6) is -1.05. The summed E-state index contributed by atoms with van der Waals surface area (Å²) in [7, 11) is 1.77. The van der Waals surface area contributed by atoms with Gasteiger partial charge in [-0.3, -0.25) is 19.4 Å². The number of amides is 2. The van der Waals surface area contributed by atoms with E-state index in [0.717, 1.165) is 16.4 Å². The van der Waals surface area contributed by atoms with E-state index in [1.165, 1.54) is 0 Å². The smallest absolute Gasteiger partial charge is 0.352 e. The van der Waals surface area contributed by atoms with E-state index in [0.29, 0.717) is 44.3 Å². The number of carbonyl (C=O) groups excluding carboxylic acids is 3. The average Bonchev–Trinajstić information content (AvgIpc) is 3.43. The van der Waals surface area contributed by atoms with Crippen LogP contribution in [-0.2, 0) is 22.3 Å². The largest absolute Gasteiger partial charge is 0.435 e. The number of pyridine rings is 1. The van der Waals surface area contributed by atoms with Crippen LogP contribution in [0.5, 0.6) is 0 Å². The first-order valence-electron chi connectivity index (χ1n) is 13.3. The van der Waals surface area contributed by atoms with Gasteiger partial charge in [-0.15, -0.1) is 0 Å². The molecule has 1 aliphatic rings. The number of Topliss-reactive ketones (excluding diaryl/α,β-unsaturated/α-hetero) is 1. The van der Waals surface area contributed by atoms with Crippen molar-refractivity contribution in [3.63, 3.8) is 0 Å². The lowest BCUT2D eigenvalue weighted by atomic mass is 9.78. The van der Waals surface area contributed by atoms with Gasteiger partial charge in [-0.2, -0.15) is 18.3 Å². The van der Waals surface area contributed by atoms with Crippen molar-refractivity contribution < 1.29 is 27.6 Å². The van der Waals surface area contributed by atoms with Crippen molar-refractivity contribution in [2.24, 2.45) is 11.8 Å². The molecule has 4 rings (SSSR count). The van der Waals surface area contributed by atoms with E-state index in [2.05, 4.69) is 15.4 Å².